The lowest BCUT2D eigenvalue weighted by Gasteiger charge is -2.72. The molecule has 10 aliphatic rings. The van der Waals surface area contributed by atoms with Gasteiger partial charge < -0.3 is 164 Å². The van der Waals surface area contributed by atoms with Gasteiger partial charge in [-0.25, -0.2) is 0 Å². The van der Waals surface area contributed by atoms with Crippen molar-refractivity contribution in [1.29, 1.82) is 0 Å². The van der Waals surface area contributed by atoms with Gasteiger partial charge in [-0.1, -0.05) is 46.3 Å². The zero-order valence-corrected chi connectivity index (χ0v) is 56.8. The molecule has 98 heavy (non-hydrogen) atoms. The Hall–Kier alpha value is -1.58. The minimum Gasteiger partial charge on any atom is -0.394 e. The van der Waals surface area contributed by atoms with E-state index in [4.69, 9.17) is 56.8 Å². The lowest BCUT2D eigenvalue weighted by Crippen LogP contribution is -2.73. The van der Waals surface area contributed by atoms with Crippen LogP contribution < -0.4 is 0 Å². The van der Waals surface area contributed by atoms with Crippen LogP contribution in [-0.2, 0) is 56.8 Å². The molecule has 40 atom stereocenters. The van der Waals surface area contributed by atoms with Crippen LogP contribution in [0.5, 0.6) is 0 Å². The number of aliphatic hydroxyl groups is 21. The van der Waals surface area contributed by atoms with Crippen LogP contribution in [0.25, 0.3) is 0 Å². The van der Waals surface area contributed by atoms with Gasteiger partial charge in [-0.15, -0.1) is 0 Å². The molecule has 0 radical (unpaired) electrons. The van der Waals surface area contributed by atoms with E-state index in [1.54, 1.807) is 6.92 Å². The van der Waals surface area contributed by atoms with Gasteiger partial charge in [0.25, 0.3) is 0 Å². The molecule has 33 nitrogen and oxygen atoms in total. The number of hydrogen-bond acceptors (Lipinski definition) is 33. The van der Waals surface area contributed by atoms with Crippen molar-refractivity contribution in [2.75, 3.05) is 33.0 Å². The Morgan fingerprint density at radius 1 is 0.500 bits per heavy atom. The van der Waals surface area contributed by atoms with E-state index in [0.717, 1.165) is 5.57 Å². The largest absolute Gasteiger partial charge is 0.394 e. The highest BCUT2D eigenvalue weighted by atomic mass is 16.8. The fourth-order valence-electron chi connectivity index (χ4n) is 18.9. The first kappa shape index (κ1) is 79.0. The molecule has 10 rings (SSSR count). The first-order chi connectivity index (χ1) is 45.8. The molecular formula is C65H110O33. The van der Waals surface area contributed by atoms with Crippen LogP contribution in [0.4, 0.5) is 0 Å². The van der Waals surface area contributed by atoms with Crippen molar-refractivity contribution in [2.24, 2.45) is 39.4 Å². The molecule has 0 aromatic carbocycles. The molecule has 0 spiro atoms. The fourth-order valence-corrected chi connectivity index (χ4v) is 18.9. The molecule has 0 aromatic heterocycles. The van der Waals surface area contributed by atoms with Gasteiger partial charge in [0.2, 0.25) is 0 Å². The third-order valence-corrected chi connectivity index (χ3v) is 24.7. The van der Waals surface area contributed by atoms with Crippen molar-refractivity contribution in [1.82, 2.24) is 0 Å². The van der Waals surface area contributed by atoms with Crippen LogP contribution in [0.15, 0.2) is 11.6 Å². The van der Waals surface area contributed by atoms with Gasteiger partial charge in [0.15, 0.2) is 37.7 Å². The Morgan fingerprint density at radius 3 is 1.56 bits per heavy atom. The van der Waals surface area contributed by atoms with Crippen LogP contribution in [0, 0.1) is 39.4 Å². The van der Waals surface area contributed by atoms with E-state index in [-0.39, 0.29) is 44.9 Å². The first-order valence-electron chi connectivity index (χ1n) is 34.4. The number of aliphatic hydroxyl groups excluding tert-OH is 20. The first-order valence-corrected chi connectivity index (χ1v) is 34.4. The molecular weight excluding hydrogens is 1310 g/mol. The molecule has 6 aliphatic heterocycles. The predicted molar refractivity (Wildman–Crippen MR) is 327 cm³/mol. The van der Waals surface area contributed by atoms with Gasteiger partial charge in [0.05, 0.1) is 68.7 Å². The topological polar surface area (TPSA) is 536 Å². The average Bonchev–Trinajstić information content (AvgIpc) is 1.21. The second-order valence-corrected chi connectivity index (χ2v) is 31.2. The summed E-state index contributed by atoms with van der Waals surface area (Å²) in [5.74, 6) is -2.18. The standard InChI is InChI=1S/C65H110O33/c1-24(2)11-10-13-64(9,98-59-51(97-58-50(85)43(78)38(73)30(20-67)93-58)45(80)40(75)32(95-59)23-88-54-47(82)41(76)35(70)25(3)90-54)65(86)16-15-62(7)52(65)26(68)17-33-61(6)14-12-34(60(4,5)53(61)28(18-63(33,62)8)91-55-46(81)36(71)27(69)21-87-55)96-57-49(84)44(79)39(74)31(94-57)22-89-56-48(83)42(77)37(72)29(19-66)92-56/h11,25-59,66-86H,10,12-23H2,1-9H3/t25-,26+,27+,28-,29+,30+,31+,32+,33+,34-,35-,36-,37+,38+,39+,40+,41+,42-,43-,44-,45-,46+,47+,48+,49+,50+,51+,52-,53-,54+,55-,56+,57-,58-,59-,61+,62+,63+,64-,65+/m0/s1. The van der Waals surface area contributed by atoms with Gasteiger partial charge in [-0.3, -0.25) is 0 Å². The van der Waals surface area contributed by atoms with Crippen molar-refractivity contribution in [3.8, 4) is 0 Å². The van der Waals surface area contributed by atoms with Crippen LogP contribution in [0.1, 0.15) is 114 Å². The van der Waals surface area contributed by atoms with Gasteiger partial charge in [0.1, 0.15) is 134 Å². The minimum absolute atomic E-state index is 0.0334. The maximum atomic E-state index is 14.2. The van der Waals surface area contributed by atoms with E-state index in [2.05, 4.69) is 13.8 Å². The third-order valence-electron chi connectivity index (χ3n) is 24.7. The average molecular weight is 1420 g/mol. The lowest BCUT2D eigenvalue weighted by atomic mass is 9.34. The Morgan fingerprint density at radius 2 is 0.990 bits per heavy atom. The third kappa shape index (κ3) is 13.9. The summed E-state index contributed by atoms with van der Waals surface area (Å²) < 4.78 is 74.2. The lowest BCUT2D eigenvalue weighted by molar-refractivity contribution is -0.394. The molecule has 0 aromatic rings. The van der Waals surface area contributed by atoms with Crippen molar-refractivity contribution >= 4 is 0 Å². The van der Waals surface area contributed by atoms with Crippen LogP contribution in [-0.4, -0.2) is 348 Å². The van der Waals surface area contributed by atoms with Crippen molar-refractivity contribution in [3.63, 3.8) is 0 Å². The molecule has 0 unspecified atom stereocenters. The highest BCUT2D eigenvalue weighted by Gasteiger charge is 2.77. The summed E-state index contributed by atoms with van der Waals surface area (Å²) in [6.45, 7) is 13.3. The van der Waals surface area contributed by atoms with Crippen LogP contribution in [0.2, 0.25) is 0 Å². The van der Waals surface area contributed by atoms with Gasteiger partial charge >= 0.3 is 0 Å². The molecule has 0 amide bonds. The van der Waals surface area contributed by atoms with E-state index in [0.29, 0.717) is 6.42 Å². The summed E-state index contributed by atoms with van der Waals surface area (Å²) in [6.07, 6.45) is -50.0. The highest BCUT2D eigenvalue weighted by Crippen LogP contribution is 2.77. The van der Waals surface area contributed by atoms with E-state index >= 15 is 0 Å². The highest BCUT2D eigenvalue weighted by molar-refractivity contribution is 5.26. The maximum absolute atomic E-state index is 14.2. The molecule has 6 saturated heterocycles. The van der Waals surface area contributed by atoms with Gasteiger partial charge in [-0.2, -0.15) is 0 Å². The summed E-state index contributed by atoms with van der Waals surface area (Å²) in [6, 6.07) is 0. The number of hydrogen-bond donors (Lipinski definition) is 21. The van der Waals surface area contributed by atoms with Crippen molar-refractivity contribution in [3.05, 3.63) is 11.6 Å². The monoisotopic (exact) mass is 1420 g/mol. The molecule has 4 saturated carbocycles. The fraction of sp³-hybridized carbons (Fsp3) is 0.969. The zero-order chi connectivity index (χ0) is 72.2. The molecule has 33 heteroatoms. The van der Waals surface area contributed by atoms with Crippen molar-refractivity contribution < 1.29 is 164 Å². The van der Waals surface area contributed by atoms with Gasteiger partial charge in [0, 0.05) is 5.92 Å². The summed E-state index contributed by atoms with van der Waals surface area (Å²) in [5.41, 5.74) is -7.11. The second kappa shape index (κ2) is 30.0. The Balaban J connectivity index is 0.977. The number of allylic oxidation sites excluding steroid dienone is 2. The van der Waals surface area contributed by atoms with Gasteiger partial charge in [-0.05, 0) is 113 Å². The predicted octanol–water partition coefficient (Wildman–Crippen LogP) is -6.80. The molecule has 4 aliphatic carbocycles. The van der Waals surface area contributed by atoms with E-state index in [9.17, 15) is 107 Å². The summed E-state index contributed by atoms with van der Waals surface area (Å²) in [4.78, 5) is 0. The smallest absolute Gasteiger partial charge is 0.187 e. The van der Waals surface area contributed by atoms with E-state index < -0.39 is 280 Å². The number of rotatable bonds is 20. The van der Waals surface area contributed by atoms with Crippen molar-refractivity contribution in [2.45, 2.75) is 321 Å². The Kier molecular flexibility index (Phi) is 24.2. The summed E-state index contributed by atoms with van der Waals surface area (Å²) in [7, 11) is 0. The molecule has 21 N–H and O–H groups in total. The number of fused-ring (bicyclic) bond motifs is 5. The zero-order valence-electron chi connectivity index (χ0n) is 56.8. The summed E-state index contributed by atoms with van der Waals surface area (Å²) >= 11 is 0. The normalized spacial score (nSPS) is 54.2. The molecule has 568 valence electrons. The second-order valence-electron chi connectivity index (χ2n) is 31.2. The number of ether oxygens (including phenoxy) is 12. The SMILES string of the molecule is CC(C)=CCC[C@](C)(O[C@@H]1O[C@H](CO[C@@H]2O[C@@H](C)[C@H](O)[C@@H](O)[C@H]2O)[C@@H](O)[C@H](O)[C@H]1O[C@@H]1O[C@H](CO)[C@@H](O)[C@H](O)[C@H]1O)[C@@]1(O)CC[C@]2(C)[C@@H]1[C@H](O)C[C@@H]1[C@@]3(C)CC[C@H](O[C@@H]4O[C@H](CO[C@@H]5O[C@H](CO)[C@@H](O)[C@H](O)[C@H]5O)[C@@H](O)[C@H](O)[C@H]4O)C(C)(C)[C@@H]3[C@@H](O[C@@H]3OC[C@@H](O)[C@H](O)[C@H]3O)C[C@]12C. The van der Waals surface area contributed by atoms with E-state index in [1.807, 2.05) is 40.7 Å². The van der Waals surface area contributed by atoms with E-state index in [1.165, 1.54) is 6.92 Å². The van der Waals surface area contributed by atoms with Crippen LogP contribution >= 0.6 is 0 Å². The summed E-state index contributed by atoms with van der Waals surface area (Å²) in [5, 5.41) is 235. The minimum atomic E-state index is -2.08. The maximum Gasteiger partial charge on any atom is 0.187 e. The molecule has 6 heterocycles. The molecule has 10 fully saturated rings. The van der Waals surface area contributed by atoms with Crippen LogP contribution in [0.3, 0.4) is 0 Å². The molecule has 0 bridgehead atoms. The quantitative estimate of drug-likeness (QED) is 0.0398. The Labute approximate surface area is 567 Å². The Bertz CT molecular complexity index is 2660.